The molecule has 0 amide bonds. The van der Waals surface area contributed by atoms with Crippen molar-refractivity contribution in [1.82, 2.24) is 4.90 Å². The highest BCUT2D eigenvalue weighted by atomic mass is 35.5. The Kier molecular flexibility index (Phi) is 7.33. The third-order valence-corrected chi connectivity index (χ3v) is 11.0. The number of rotatable bonds is 0. The lowest BCUT2D eigenvalue weighted by Crippen LogP contribution is -2.58. The lowest BCUT2D eigenvalue weighted by atomic mass is 9.99. The average molecular weight is 626 g/mol. The largest absolute Gasteiger partial charge is 0.226 e. The van der Waals surface area contributed by atoms with E-state index < -0.39 is 40.8 Å². The summed E-state index contributed by atoms with van der Waals surface area (Å²) in [7, 11) is -5.61. The van der Waals surface area contributed by atoms with Crippen LogP contribution in [0.15, 0.2) is 30.2 Å². The van der Waals surface area contributed by atoms with Gasteiger partial charge in [0.15, 0.2) is 16.6 Å². The summed E-state index contributed by atoms with van der Waals surface area (Å²) in [5.41, 5.74) is 6.23. The first-order valence-electron chi connectivity index (χ1n) is 10.8. The van der Waals surface area contributed by atoms with E-state index in [-0.39, 0.29) is 30.2 Å². The zero-order valence-corrected chi connectivity index (χ0v) is 28.3. The van der Waals surface area contributed by atoms with E-state index in [0.717, 1.165) is 0 Å². The van der Waals surface area contributed by atoms with Crippen LogP contribution >= 0.6 is 69.6 Å². The van der Waals surface area contributed by atoms with Crippen LogP contribution in [-0.4, -0.2) is 45.7 Å². The van der Waals surface area contributed by atoms with E-state index in [1.54, 1.807) is 0 Å². The Morgan fingerprint density at radius 3 is 0.765 bits per heavy atom. The summed E-state index contributed by atoms with van der Waals surface area (Å²) < 4.78 is 0. The molecule has 3 aliphatic heterocycles. The molecule has 0 saturated carbocycles. The first-order chi connectivity index (χ1) is 15.2. The Morgan fingerprint density at radius 1 is 0.441 bits per heavy atom. The SMILES string of the molecule is C[Si](C)(C)C#CC12C(Cl)=C(Cl)C3(C#C[Si](C)(C)C)C(Cl)=C(Cl)C(C#C[Si](C)(C)C)(C(Cl)=C1Cl)N23. The summed E-state index contributed by atoms with van der Waals surface area (Å²) in [5, 5.41) is 1.46. The van der Waals surface area contributed by atoms with Gasteiger partial charge in [-0.2, -0.15) is 0 Å². The van der Waals surface area contributed by atoms with E-state index in [2.05, 4.69) is 93.3 Å². The fourth-order valence-electron chi connectivity index (χ4n) is 3.92. The van der Waals surface area contributed by atoms with Gasteiger partial charge in [0.05, 0.1) is 30.2 Å². The van der Waals surface area contributed by atoms with Gasteiger partial charge in [-0.05, 0) is 0 Å². The predicted octanol–water partition coefficient (Wildman–Crippen LogP) is 8.26. The Balaban J connectivity index is 2.57. The van der Waals surface area contributed by atoms with Crippen LogP contribution in [0.5, 0.6) is 0 Å². The smallest absolute Gasteiger partial charge is 0.160 e. The summed E-state index contributed by atoms with van der Waals surface area (Å²) in [4.78, 5) is 1.89. The molecule has 0 radical (unpaired) electrons. The summed E-state index contributed by atoms with van der Waals surface area (Å²) >= 11 is 42.2. The molecule has 0 fully saturated rings. The maximum Gasteiger partial charge on any atom is 0.160 e. The highest BCUT2D eigenvalue weighted by Gasteiger charge is 2.78. The van der Waals surface area contributed by atoms with Crippen LogP contribution in [0.1, 0.15) is 0 Å². The molecule has 182 valence electrons. The highest BCUT2D eigenvalue weighted by Crippen LogP contribution is 2.71. The molecule has 0 aliphatic carbocycles. The second kappa shape index (κ2) is 8.64. The Labute approximate surface area is 237 Å². The third-order valence-electron chi connectivity index (χ3n) is 5.35. The molecule has 0 spiro atoms. The van der Waals surface area contributed by atoms with Gasteiger partial charge in [-0.3, -0.25) is 0 Å². The van der Waals surface area contributed by atoms with Crippen LogP contribution in [0.25, 0.3) is 0 Å². The van der Waals surface area contributed by atoms with Crippen LogP contribution in [-0.2, 0) is 0 Å². The van der Waals surface area contributed by atoms with Gasteiger partial charge in [-0.15, -0.1) is 16.6 Å². The van der Waals surface area contributed by atoms with E-state index in [9.17, 15) is 0 Å². The van der Waals surface area contributed by atoms with Crippen molar-refractivity contribution in [2.75, 3.05) is 0 Å². The Morgan fingerprint density at radius 2 is 0.618 bits per heavy atom. The number of halogens is 6. The summed E-state index contributed by atoms with van der Waals surface area (Å²) in [6.07, 6.45) is 0. The molecule has 0 aromatic rings. The molecule has 0 N–H and O–H groups in total. The minimum atomic E-state index is -1.87. The molecule has 34 heavy (non-hydrogen) atoms. The van der Waals surface area contributed by atoms with Crippen molar-refractivity contribution in [3.05, 3.63) is 30.2 Å². The van der Waals surface area contributed by atoms with Crippen LogP contribution in [0.3, 0.4) is 0 Å². The standard InChI is InChI=1S/C24H27Cl6NSi3/c1-32(2,3)13-10-22-16(25)18(27)23(11-14-33(4,5)6)20(29)21(30)24(31(22)23,19(28)17(22)26)12-15-34(7,8)9/h1-9H3. The normalized spacial score (nSPS) is 31.1. The minimum absolute atomic E-state index is 0.243. The quantitative estimate of drug-likeness (QED) is 0.193. The monoisotopic (exact) mass is 623 g/mol. The average Bonchev–Trinajstić information content (AvgIpc) is 3.09. The number of hydrogen-bond donors (Lipinski definition) is 0. The first kappa shape index (κ1) is 28.8. The molecule has 10 heteroatoms. The minimum Gasteiger partial charge on any atom is -0.226 e. The van der Waals surface area contributed by atoms with Crippen LogP contribution < -0.4 is 0 Å². The van der Waals surface area contributed by atoms with Crippen LogP contribution in [0, 0.1) is 34.4 Å². The van der Waals surface area contributed by atoms with Crippen molar-refractivity contribution < 1.29 is 0 Å². The Bertz CT molecular complexity index is 1060. The van der Waals surface area contributed by atoms with Crippen molar-refractivity contribution in [1.29, 1.82) is 0 Å². The zero-order chi connectivity index (χ0) is 26.3. The predicted molar refractivity (Wildman–Crippen MR) is 160 cm³/mol. The third kappa shape index (κ3) is 4.14. The fraction of sp³-hybridized carbons (Fsp3) is 0.500. The van der Waals surface area contributed by atoms with Gasteiger partial charge in [0.25, 0.3) is 0 Å². The summed E-state index contributed by atoms with van der Waals surface area (Å²) in [6.45, 7) is 19.2. The van der Waals surface area contributed by atoms with Crippen LogP contribution in [0.4, 0.5) is 0 Å². The molecule has 3 rings (SSSR count). The van der Waals surface area contributed by atoms with Crippen molar-refractivity contribution in [2.45, 2.75) is 75.5 Å². The second-order valence-corrected chi connectivity index (χ2v) is 28.4. The molecular formula is C24H27Cl6NSi3. The van der Waals surface area contributed by atoms with E-state index in [1.807, 2.05) is 4.90 Å². The fourth-order valence-corrected chi connectivity index (χ4v) is 7.91. The maximum atomic E-state index is 7.03. The summed E-state index contributed by atoms with van der Waals surface area (Å²) in [6, 6.07) is 0. The maximum absolute atomic E-state index is 7.03. The van der Waals surface area contributed by atoms with Gasteiger partial charge < -0.3 is 0 Å². The molecule has 0 aromatic carbocycles. The van der Waals surface area contributed by atoms with Gasteiger partial charge >= 0.3 is 0 Å². The second-order valence-electron chi connectivity index (χ2n) is 11.9. The highest BCUT2D eigenvalue weighted by molar-refractivity contribution is 6.84. The molecule has 3 aliphatic rings. The Hall–Kier alpha value is 0.251. The molecule has 0 bridgehead atoms. The number of nitrogens with zero attached hydrogens (tertiary/aromatic N) is 1. The molecule has 0 atom stereocenters. The van der Waals surface area contributed by atoms with E-state index >= 15 is 0 Å². The topological polar surface area (TPSA) is 3.24 Å². The first-order valence-corrected chi connectivity index (χ1v) is 23.6. The lowest BCUT2D eigenvalue weighted by molar-refractivity contribution is 0.159. The van der Waals surface area contributed by atoms with E-state index in [1.165, 1.54) is 0 Å². The van der Waals surface area contributed by atoms with Crippen molar-refractivity contribution in [3.63, 3.8) is 0 Å². The molecule has 0 aromatic heterocycles. The zero-order valence-electron chi connectivity index (χ0n) is 20.7. The van der Waals surface area contributed by atoms with E-state index in [4.69, 9.17) is 69.6 Å². The van der Waals surface area contributed by atoms with Gasteiger partial charge in [0.1, 0.15) is 24.2 Å². The number of hydrogen-bond acceptors (Lipinski definition) is 1. The van der Waals surface area contributed by atoms with Crippen LogP contribution in [0.2, 0.25) is 58.9 Å². The molecule has 0 unspecified atom stereocenters. The van der Waals surface area contributed by atoms with Crippen molar-refractivity contribution >= 4 is 93.8 Å². The van der Waals surface area contributed by atoms with E-state index in [0.29, 0.717) is 0 Å². The van der Waals surface area contributed by atoms with Crippen molar-refractivity contribution in [2.24, 2.45) is 0 Å². The lowest BCUT2D eigenvalue weighted by Gasteiger charge is -2.41. The molecule has 3 heterocycles. The summed E-state index contributed by atoms with van der Waals surface area (Å²) in [5.74, 6) is 10.1. The van der Waals surface area contributed by atoms with Gasteiger partial charge in [0, 0.05) is 0 Å². The molecule has 1 nitrogen and oxygen atoms in total. The molecule has 0 saturated heterocycles. The van der Waals surface area contributed by atoms with Gasteiger partial charge in [-0.25, -0.2) is 4.90 Å². The van der Waals surface area contributed by atoms with Crippen molar-refractivity contribution in [3.8, 4) is 34.4 Å². The van der Waals surface area contributed by atoms with Gasteiger partial charge in [-0.1, -0.05) is 146 Å². The molecular weight excluding hydrogens is 599 g/mol. The van der Waals surface area contributed by atoms with Gasteiger partial charge in [0.2, 0.25) is 0 Å².